The van der Waals surface area contributed by atoms with Gasteiger partial charge < -0.3 is 15.3 Å². The summed E-state index contributed by atoms with van der Waals surface area (Å²) in [4.78, 5) is 23.8. The first-order valence-electron chi connectivity index (χ1n) is 6.74. The number of rotatable bonds is 10. The van der Waals surface area contributed by atoms with E-state index in [1.807, 2.05) is 25.6 Å². The van der Waals surface area contributed by atoms with Crippen LogP contribution in [0.3, 0.4) is 0 Å². The normalized spacial score (nSPS) is 10.5. The van der Waals surface area contributed by atoms with Gasteiger partial charge in [-0.2, -0.15) is 11.8 Å². The van der Waals surface area contributed by atoms with Gasteiger partial charge in [-0.1, -0.05) is 12.8 Å². The molecule has 0 aromatic heterocycles. The van der Waals surface area contributed by atoms with Crippen LogP contribution < -0.4 is 5.32 Å². The Kier molecular flexibility index (Phi) is 10.4. The third-order valence-corrected chi connectivity index (χ3v) is 3.44. The molecule has 112 valence electrons. The van der Waals surface area contributed by atoms with Gasteiger partial charge in [-0.15, -0.1) is 0 Å². The Morgan fingerprint density at radius 1 is 1.21 bits per heavy atom. The van der Waals surface area contributed by atoms with Gasteiger partial charge >= 0.3 is 12.0 Å². The molecule has 19 heavy (non-hydrogen) atoms. The van der Waals surface area contributed by atoms with Crippen molar-refractivity contribution in [3.05, 3.63) is 0 Å². The molecule has 0 aliphatic rings. The van der Waals surface area contributed by atoms with Crippen LogP contribution >= 0.6 is 11.8 Å². The van der Waals surface area contributed by atoms with Crippen molar-refractivity contribution in [1.29, 1.82) is 0 Å². The molecule has 0 saturated carbocycles. The second kappa shape index (κ2) is 11.0. The molecule has 0 radical (unpaired) electrons. The molecule has 0 aromatic rings. The molecular formula is C13H26N2O3S. The fraction of sp³-hybridized carbons (Fsp3) is 0.846. The van der Waals surface area contributed by atoms with Crippen molar-refractivity contribution in [2.24, 2.45) is 0 Å². The van der Waals surface area contributed by atoms with Gasteiger partial charge in [-0.25, -0.2) is 4.79 Å². The van der Waals surface area contributed by atoms with Crippen molar-refractivity contribution in [3.63, 3.8) is 0 Å². The molecule has 0 atom stereocenters. The molecule has 6 heteroatoms. The first-order valence-corrected chi connectivity index (χ1v) is 8.13. The minimum Gasteiger partial charge on any atom is -0.480 e. The number of hydrogen-bond acceptors (Lipinski definition) is 3. The van der Waals surface area contributed by atoms with Gasteiger partial charge in [-0.05, 0) is 38.7 Å². The maximum Gasteiger partial charge on any atom is 0.323 e. The summed E-state index contributed by atoms with van der Waals surface area (Å²) in [5.74, 6) is 0.201. The summed E-state index contributed by atoms with van der Waals surface area (Å²) in [5, 5.41) is 11.5. The molecular weight excluding hydrogens is 264 g/mol. The van der Waals surface area contributed by atoms with Crippen LogP contribution in [-0.4, -0.2) is 53.1 Å². The Balaban J connectivity index is 3.78. The third kappa shape index (κ3) is 9.64. The second-order valence-electron chi connectivity index (χ2n) is 4.75. The largest absolute Gasteiger partial charge is 0.480 e. The number of unbranched alkanes of at least 4 members (excludes halogenated alkanes) is 3. The van der Waals surface area contributed by atoms with E-state index >= 15 is 0 Å². The monoisotopic (exact) mass is 290 g/mol. The third-order valence-electron chi connectivity index (χ3n) is 2.74. The van der Waals surface area contributed by atoms with E-state index < -0.39 is 5.97 Å². The molecule has 5 nitrogen and oxygen atoms in total. The van der Waals surface area contributed by atoms with E-state index in [0.29, 0.717) is 6.54 Å². The van der Waals surface area contributed by atoms with Crippen LogP contribution in [0, 0.1) is 0 Å². The number of amides is 2. The zero-order valence-electron chi connectivity index (χ0n) is 12.1. The van der Waals surface area contributed by atoms with Gasteiger partial charge in [0.1, 0.15) is 6.54 Å². The SMILES string of the molecule is CSCCCCCCNC(=O)N(CC(=O)O)C(C)C. The Labute approximate surface area is 120 Å². The van der Waals surface area contributed by atoms with Crippen molar-refractivity contribution in [3.8, 4) is 0 Å². The molecule has 0 aliphatic carbocycles. The molecule has 0 fully saturated rings. The molecule has 0 saturated heterocycles. The summed E-state index contributed by atoms with van der Waals surface area (Å²) in [6.45, 7) is 3.98. The summed E-state index contributed by atoms with van der Waals surface area (Å²) < 4.78 is 0. The summed E-state index contributed by atoms with van der Waals surface area (Å²) in [5.41, 5.74) is 0. The molecule has 2 amide bonds. The summed E-state index contributed by atoms with van der Waals surface area (Å²) in [6.07, 6.45) is 6.54. The Bertz CT molecular complexity index is 273. The van der Waals surface area contributed by atoms with E-state index in [1.54, 1.807) is 0 Å². The Hall–Kier alpha value is -0.910. The highest BCUT2D eigenvalue weighted by Gasteiger charge is 2.18. The minimum absolute atomic E-state index is 0.113. The fourth-order valence-electron chi connectivity index (χ4n) is 1.66. The van der Waals surface area contributed by atoms with Gasteiger partial charge in [0.05, 0.1) is 0 Å². The van der Waals surface area contributed by atoms with Crippen LogP contribution in [0.1, 0.15) is 39.5 Å². The number of nitrogens with one attached hydrogen (secondary N) is 1. The number of carboxylic acid groups (broad SMARTS) is 1. The molecule has 0 rings (SSSR count). The summed E-state index contributed by atoms with van der Waals surface area (Å²) in [7, 11) is 0. The second-order valence-corrected chi connectivity index (χ2v) is 5.74. The van der Waals surface area contributed by atoms with Crippen molar-refractivity contribution in [2.75, 3.05) is 25.1 Å². The number of carbonyl (C=O) groups is 2. The maximum absolute atomic E-state index is 11.8. The van der Waals surface area contributed by atoms with E-state index in [4.69, 9.17) is 5.11 Å². The lowest BCUT2D eigenvalue weighted by molar-refractivity contribution is -0.138. The minimum atomic E-state index is -0.985. The van der Waals surface area contributed by atoms with E-state index in [0.717, 1.165) is 12.8 Å². The number of carbonyl (C=O) groups excluding carboxylic acids is 1. The highest BCUT2D eigenvalue weighted by molar-refractivity contribution is 7.98. The maximum atomic E-state index is 11.8. The zero-order chi connectivity index (χ0) is 14.7. The van der Waals surface area contributed by atoms with E-state index in [1.165, 1.54) is 23.5 Å². The summed E-state index contributed by atoms with van der Waals surface area (Å²) >= 11 is 1.85. The van der Waals surface area contributed by atoms with Crippen LogP contribution in [-0.2, 0) is 4.79 Å². The number of urea groups is 1. The Morgan fingerprint density at radius 2 is 1.84 bits per heavy atom. The predicted octanol–water partition coefficient (Wildman–Crippen LogP) is 2.41. The first-order chi connectivity index (χ1) is 8.99. The average Bonchev–Trinajstić information content (AvgIpc) is 2.34. The average molecular weight is 290 g/mol. The van der Waals surface area contributed by atoms with Gasteiger partial charge in [0.25, 0.3) is 0 Å². The molecule has 0 aliphatic heterocycles. The van der Waals surface area contributed by atoms with Gasteiger partial charge in [0, 0.05) is 12.6 Å². The Morgan fingerprint density at radius 3 is 2.37 bits per heavy atom. The molecule has 0 spiro atoms. The smallest absolute Gasteiger partial charge is 0.323 e. The van der Waals surface area contributed by atoms with E-state index in [-0.39, 0.29) is 18.6 Å². The topological polar surface area (TPSA) is 69.6 Å². The first kappa shape index (κ1) is 18.1. The zero-order valence-corrected chi connectivity index (χ0v) is 13.0. The highest BCUT2D eigenvalue weighted by Crippen LogP contribution is 2.04. The van der Waals surface area contributed by atoms with Crippen molar-refractivity contribution >= 4 is 23.8 Å². The number of thioether (sulfide) groups is 1. The van der Waals surface area contributed by atoms with Crippen LogP contribution in [0.5, 0.6) is 0 Å². The molecule has 0 heterocycles. The van der Waals surface area contributed by atoms with Crippen molar-refractivity contribution in [1.82, 2.24) is 10.2 Å². The molecule has 0 aromatic carbocycles. The van der Waals surface area contributed by atoms with Crippen LogP contribution in [0.2, 0.25) is 0 Å². The van der Waals surface area contributed by atoms with Crippen LogP contribution in [0.15, 0.2) is 0 Å². The van der Waals surface area contributed by atoms with Crippen molar-refractivity contribution < 1.29 is 14.7 Å². The molecule has 2 N–H and O–H groups in total. The van der Waals surface area contributed by atoms with Gasteiger partial charge in [0.2, 0.25) is 0 Å². The molecule has 0 unspecified atom stereocenters. The number of aliphatic carboxylic acids is 1. The van der Waals surface area contributed by atoms with Crippen molar-refractivity contribution in [2.45, 2.75) is 45.6 Å². The lowest BCUT2D eigenvalue weighted by Crippen LogP contribution is -2.46. The lowest BCUT2D eigenvalue weighted by atomic mass is 10.2. The summed E-state index contributed by atoms with van der Waals surface area (Å²) in [6, 6.07) is -0.404. The number of hydrogen-bond donors (Lipinski definition) is 2. The highest BCUT2D eigenvalue weighted by atomic mass is 32.2. The fourth-order valence-corrected chi connectivity index (χ4v) is 2.15. The van der Waals surface area contributed by atoms with E-state index in [9.17, 15) is 9.59 Å². The van der Waals surface area contributed by atoms with Crippen LogP contribution in [0.25, 0.3) is 0 Å². The number of carboxylic acids is 1. The standard InChI is InChI=1S/C13H26N2O3S/c1-11(2)15(10-12(16)17)13(18)14-8-6-4-5-7-9-19-3/h11H,4-10H2,1-3H3,(H,14,18)(H,16,17). The van der Waals surface area contributed by atoms with E-state index in [2.05, 4.69) is 11.6 Å². The number of nitrogens with zero attached hydrogens (tertiary/aromatic N) is 1. The quantitative estimate of drug-likeness (QED) is 0.606. The van der Waals surface area contributed by atoms with Gasteiger partial charge in [0.15, 0.2) is 0 Å². The van der Waals surface area contributed by atoms with Crippen LogP contribution in [0.4, 0.5) is 4.79 Å². The molecule has 0 bridgehead atoms. The van der Waals surface area contributed by atoms with Gasteiger partial charge in [-0.3, -0.25) is 4.79 Å². The predicted molar refractivity (Wildman–Crippen MR) is 79.7 cm³/mol. The lowest BCUT2D eigenvalue weighted by Gasteiger charge is -2.25.